The average molecular weight is 246 g/mol. The largest absolute Gasteiger partial charge is 0.510 e. The molecule has 16 heavy (non-hydrogen) atoms. The van der Waals surface area contributed by atoms with Crippen LogP contribution in [-0.2, 0) is 9.53 Å². The van der Waals surface area contributed by atoms with Crippen LogP contribution >= 0.6 is 11.6 Å². The lowest BCUT2D eigenvalue weighted by Crippen LogP contribution is -2.17. The molecule has 0 fully saturated rings. The third-order valence-corrected chi connectivity index (χ3v) is 1.97. The number of aliphatic hydroxyl groups excluding tert-OH is 1. The molecule has 0 atom stereocenters. The van der Waals surface area contributed by atoms with Gasteiger partial charge in [0.15, 0.2) is 0 Å². The van der Waals surface area contributed by atoms with Gasteiger partial charge in [0.05, 0.1) is 24.7 Å². The minimum atomic E-state index is -0.619. The van der Waals surface area contributed by atoms with Crippen LogP contribution in [0.25, 0.3) is 0 Å². The minimum Gasteiger partial charge on any atom is -0.510 e. The van der Waals surface area contributed by atoms with E-state index < -0.39 is 5.97 Å². The number of hydrogen-bond acceptors (Lipinski definition) is 4. The monoisotopic (exact) mass is 245 g/mol. The molecule has 0 unspecified atom stereocenters. The van der Waals surface area contributed by atoms with Gasteiger partial charge in [-0.1, -0.05) is 6.08 Å². The van der Waals surface area contributed by atoms with E-state index in [1.165, 1.54) is 0 Å². The van der Waals surface area contributed by atoms with E-state index in [0.29, 0.717) is 12.3 Å². The van der Waals surface area contributed by atoms with E-state index in [1.807, 2.05) is 0 Å². The maximum atomic E-state index is 11.5. The predicted molar refractivity (Wildman–Crippen MR) is 65.2 cm³/mol. The lowest BCUT2D eigenvalue weighted by Gasteiger charge is -2.08. The standard InChI is InChI=1S/C11H16ClNO3/c1-4-6-13-8(3)10(9(14)7-12)11(15)16-5-2/h4,14H,1,5-7H2,2-3H3/b10-9+,13-8?. The number of halogens is 1. The summed E-state index contributed by atoms with van der Waals surface area (Å²) in [6.07, 6.45) is 1.59. The molecule has 0 saturated heterocycles. The van der Waals surface area contributed by atoms with E-state index in [9.17, 15) is 9.90 Å². The highest BCUT2D eigenvalue weighted by molar-refractivity contribution is 6.23. The van der Waals surface area contributed by atoms with Crippen molar-refractivity contribution < 1.29 is 14.6 Å². The minimum absolute atomic E-state index is 0.0266. The van der Waals surface area contributed by atoms with Crippen LogP contribution < -0.4 is 0 Å². The van der Waals surface area contributed by atoms with E-state index in [-0.39, 0.29) is 23.8 Å². The Morgan fingerprint density at radius 3 is 2.69 bits per heavy atom. The highest BCUT2D eigenvalue weighted by Gasteiger charge is 2.18. The number of hydrogen-bond donors (Lipinski definition) is 1. The molecule has 0 aliphatic carbocycles. The van der Waals surface area contributed by atoms with Crippen molar-refractivity contribution in [3.63, 3.8) is 0 Å². The summed E-state index contributed by atoms with van der Waals surface area (Å²) in [5.41, 5.74) is 0.412. The zero-order valence-corrected chi connectivity index (χ0v) is 10.3. The number of aliphatic imine (C=N–C) groups is 1. The molecule has 0 aromatic rings. The molecule has 0 radical (unpaired) electrons. The number of nitrogens with zero attached hydrogens (tertiary/aromatic N) is 1. The molecular formula is C11H16ClNO3. The second-order valence-electron chi connectivity index (χ2n) is 2.89. The molecular weight excluding hydrogens is 230 g/mol. The molecule has 0 saturated carbocycles. The first-order chi connectivity index (χ1) is 7.58. The number of alkyl halides is 1. The molecule has 90 valence electrons. The highest BCUT2D eigenvalue weighted by atomic mass is 35.5. The van der Waals surface area contributed by atoms with Crippen LogP contribution in [0.3, 0.4) is 0 Å². The first-order valence-corrected chi connectivity index (χ1v) is 5.39. The normalized spacial score (nSPS) is 13.1. The van der Waals surface area contributed by atoms with Gasteiger partial charge in [0.25, 0.3) is 0 Å². The summed E-state index contributed by atoms with van der Waals surface area (Å²) in [6.45, 7) is 7.40. The van der Waals surface area contributed by atoms with Crippen molar-refractivity contribution in [1.29, 1.82) is 0 Å². The van der Waals surface area contributed by atoms with Crippen LogP contribution in [0.1, 0.15) is 13.8 Å². The smallest absolute Gasteiger partial charge is 0.343 e. The van der Waals surface area contributed by atoms with Crippen LogP contribution in [-0.4, -0.2) is 35.8 Å². The highest BCUT2D eigenvalue weighted by Crippen LogP contribution is 2.09. The maximum absolute atomic E-state index is 11.5. The fraction of sp³-hybridized carbons (Fsp3) is 0.455. The van der Waals surface area contributed by atoms with Gasteiger partial charge in [-0.3, -0.25) is 4.99 Å². The molecule has 0 aliphatic rings. The lowest BCUT2D eigenvalue weighted by molar-refractivity contribution is -0.138. The second-order valence-corrected chi connectivity index (χ2v) is 3.16. The van der Waals surface area contributed by atoms with Gasteiger partial charge < -0.3 is 9.84 Å². The van der Waals surface area contributed by atoms with Crippen molar-refractivity contribution in [3.8, 4) is 0 Å². The molecule has 0 aliphatic heterocycles. The van der Waals surface area contributed by atoms with Crippen LogP contribution in [0.15, 0.2) is 29.0 Å². The Balaban J connectivity index is 5.10. The Morgan fingerprint density at radius 1 is 1.62 bits per heavy atom. The quantitative estimate of drug-likeness (QED) is 0.195. The maximum Gasteiger partial charge on any atom is 0.343 e. The van der Waals surface area contributed by atoms with Crippen molar-refractivity contribution in [2.75, 3.05) is 19.0 Å². The topological polar surface area (TPSA) is 58.9 Å². The Bertz CT molecular complexity index is 321. The van der Waals surface area contributed by atoms with Gasteiger partial charge >= 0.3 is 5.97 Å². The second kappa shape index (κ2) is 7.93. The van der Waals surface area contributed by atoms with E-state index in [4.69, 9.17) is 16.3 Å². The van der Waals surface area contributed by atoms with Crippen molar-refractivity contribution in [3.05, 3.63) is 24.0 Å². The zero-order chi connectivity index (χ0) is 12.6. The molecule has 5 heteroatoms. The van der Waals surface area contributed by atoms with Gasteiger partial charge in [0.2, 0.25) is 0 Å². The molecule has 0 aromatic carbocycles. The molecule has 0 spiro atoms. The van der Waals surface area contributed by atoms with Gasteiger partial charge in [0.1, 0.15) is 11.3 Å². The number of carbonyl (C=O) groups is 1. The average Bonchev–Trinajstić information content (AvgIpc) is 2.26. The predicted octanol–water partition coefficient (Wildman–Crippen LogP) is 2.25. The number of carbonyl (C=O) groups excluding carboxylic acids is 1. The van der Waals surface area contributed by atoms with Gasteiger partial charge in [-0.25, -0.2) is 4.79 Å². The summed E-state index contributed by atoms with van der Waals surface area (Å²) >= 11 is 5.48. The Labute approximate surface area is 100 Å². The Kier molecular flexibility index (Phi) is 7.29. The Morgan fingerprint density at radius 2 is 2.25 bits per heavy atom. The zero-order valence-electron chi connectivity index (χ0n) is 9.49. The first kappa shape index (κ1) is 14.7. The van der Waals surface area contributed by atoms with Crippen molar-refractivity contribution in [2.45, 2.75) is 13.8 Å². The molecule has 0 heterocycles. The number of allylic oxidation sites excluding steroid dienone is 1. The summed E-state index contributed by atoms with van der Waals surface area (Å²) in [4.78, 5) is 15.6. The summed E-state index contributed by atoms with van der Waals surface area (Å²) in [5, 5.41) is 9.52. The Hall–Kier alpha value is -1.29. The molecule has 4 nitrogen and oxygen atoms in total. The van der Waals surface area contributed by atoms with Crippen molar-refractivity contribution in [1.82, 2.24) is 0 Å². The van der Waals surface area contributed by atoms with Gasteiger partial charge in [-0.2, -0.15) is 0 Å². The molecule has 0 aromatic heterocycles. The van der Waals surface area contributed by atoms with E-state index in [0.717, 1.165) is 0 Å². The van der Waals surface area contributed by atoms with Crippen molar-refractivity contribution >= 4 is 23.3 Å². The van der Waals surface area contributed by atoms with Crippen LogP contribution in [0, 0.1) is 0 Å². The molecule has 0 amide bonds. The van der Waals surface area contributed by atoms with Gasteiger partial charge in [-0.05, 0) is 13.8 Å². The number of aliphatic hydroxyl groups is 1. The lowest BCUT2D eigenvalue weighted by atomic mass is 10.1. The summed E-state index contributed by atoms with van der Waals surface area (Å²) in [5.74, 6) is -1.01. The van der Waals surface area contributed by atoms with Crippen LogP contribution in [0.5, 0.6) is 0 Å². The summed E-state index contributed by atoms with van der Waals surface area (Å²) < 4.78 is 4.81. The third kappa shape index (κ3) is 4.49. The fourth-order valence-electron chi connectivity index (χ4n) is 1.02. The van der Waals surface area contributed by atoms with Gasteiger partial charge in [0, 0.05) is 0 Å². The first-order valence-electron chi connectivity index (χ1n) is 4.85. The fourth-order valence-corrected chi connectivity index (χ4v) is 1.16. The van der Waals surface area contributed by atoms with Gasteiger partial charge in [-0.15, -0.1) is 18.2 Å². The summed E-state index contributed by atoms with van der Waals surface area (Å²) in [7, 11) is 0. The van der Waals surface area contributed by atoms with E-state index in [2.05, 4.69) is 11.6 Å². The number of ether oxygens (including phenoxy) is 1. The van der Waals surface area contributed by atoms with Crippen molar-refractivity contribution in [2.24, 2.45) is 4.99 Å². The third-order valence-electron chi connectivity index (χ3n) is 1.71. The number of rotatable bonds is 6. The molecule has 0 rings (SSSR count). The SMILES string of the molecule is C=CCN=C(C)/C(C(=O)OCC)=C(\O)CCl. The van der Waals surface area contributed by atoms with E-state index >= 15 is 0 Å². The van der Waals surface area contributed by atoms with Crippen LogP contribution in [0.4, 0.5) is 0 Å². The molecule has 1 N–H and O–H groups in total. The van der Waals surface area contributed by atoms with E-state index in [1.54, 1.807) is 19.9 Å². The molecule has 0 bridgehead atoms. The summed E-state index contributed by atoms with van der Waals surface area (Å²) in [6, 6.07) is 0. The number of esters is 1. The van der Waals surface area contributed by atoms with Crippen LogP contribution in [0.2, 0.25) is 0 Å².